The first kappa shape index (κ1) is 19.9. The summed E-state index contributed by atoms with van der Waals surface area (Å²) in [6.45, 7) is 7.24. The third-order valence-electron chi connectivity index (χ3n) is 4.73. The van der Waals surface area contributed by atoms with Crippen molar-refractivity contribution in [3.8, 4) is 5.75 Å². The van der Waals surface area contributed by atoms with Crippen LogP contribution in [0.5, 0.6) is 5.75 Å². The van der Waals surface area contributed by atoms with Gasteiger partial charge in [0.2, 0.25) is 0 Å². The molecular weight excluding hydrogens is 370 g/mol. The Morgan fingerprint density at radius 3 is 2.61 bits per heavy atom. The standard InChI is InChI=1S/C22H25N3O2S/c1-4-27-19-9-7-18(8-10-19)24-22(28)23-12-11-17-13-16-6-5-14(2)15(3)20(16)25-21(17)26/h5-10,13H,4,11-12H2,1-3H3,(H,25,26)(H2,23,24,28). The lowest BCUT2D eigenvalue weighted by Crippen LogP contribution is -2.31. The average molecular weight is 396 g/mol. The normalized spacial score (nSPS) is 10.7. The number of anilines is 1. The van der Waals surface area contributed by atoms with Gasteiger partial charge in [0.15, 0.2) is 5.11 Å². The molecule has 28 heavy (non-hydrogen) atoms. The van der Waals surface area contributed by atoms with E-state index in [-0.39, 0.29) is 5.56 Å². The number of hydrogen-bond donors (Lipinski definition) is 3. The van der Waals surface area contributed by atoms with Crippen molar-refractivity contribution in [1.82, 2.24) is 10.3 Å². The number of H-pyrrole nitrogens is 1. The van der Waals surface area contributed by atoms with Crippen LogP contribution in [0.15, 0.2) is 47.3 Å². The number of nitrogens with one attached hydrogen (secondary N) is 3. The molecule has 0 saturated heterocycles. The van der Waals surface area contributed by atoms with Gasteiger partial charge in [0, 0.05) is 17.8 Å². The quantitative estimate of drug-likeness (QED) is 0.549. The molecule has 0 fully saturated rings. The summed E-state index contributed by atoms with van der Waals surface area (Å²) in [5.41, 5.74) is 4.77. The number of aromatic amines is 1. The Bertz CT molecular complexity index is 1040. The first-order chi connectivity index (χ1) is 13.5. The van der Waals surface area contributed by atoms with Crippen molar-refractivity contribution < 1.29 is 4.74 Å². The third-order valence-corrected chi connectivity index (χ3v) is 4.98. The fourth-order valence-electron chi connectivity index (χ4n) is 3.04. The summed E-state index contributed by atoms with van der Waals surface area (Å²) >= 11 is 5.34. The number of ether oxygens (including phenoxy) is 1. The molecule has 0 atom stereocenters. The van der Waals surface area contributed by atoms with Gasteiger partial charge in [-0.1, -0.05) is 12.1 Å². The Hall–Kier alpha value is -2.86. The van der Waals surface area contributed by atoms with E-state index < -0.39 is 0 Å². The zero-order chi connectivity index (χ0) is 20.1. The van der Waals surface area contributed by atoms with Gasteiger partial charge in [-0.3, -0.25) is 4.79 Å². The highest BCUT2D eigenvalue weighted by Gasteiger charge is 2.07. The maximum Gasteiger partial charge on any atom is 0.251 e. The van der Waals surface area contributed by atoms with E-state index in [0.717, 1.165) is 33.5 Å². The van der Waals surface area contributed by atoms with Gasteiger partial charge in [-0.05, 0) is 86.3 Å². The molecule has 2 aromatic carbocycles. The molecule has 0 unspecified atom stereocenters. The number of fused-ring (bicyclic) bond motifs is 1. The lowest BCUT2D eigenvalue weighted by Gasteiger charge is -2.12. The Morgan fingerprint density at radius 1 is 1.14 bits per heavy atom. The molecule has 3 N–H and O–H groups in total. The molecule has 0 saturated carbocycles. The predicted octanol–water partition coefficient (Wildman–Crippen LogP) is 4.07. The van der Waals surface area contributed by atoms with Gasteiger partial charge in [-0.15, -0.1) is 0 Å². The Balaban J connectivity index is 1.58. The van der Waals surface area contributed by atoms with Crippen LogP contribution in [-0.2, 0) is 6.42 Å². The largest absolute Gasteiger partial charge is 0.494 e. The Kier molecular flexibility index (Phi) is 6.31. The first-order valence-electron chi connectivity index (χ1n) is 9.37. The molecule has 3 aromatic rings. The first-order valence-corrected chi connectivity index (χ1v) is 9.78. The minimum atomic E-state index is -0.0478. The molecule has 6 heteroatoms. The molecule has 1 heterocycles. The van der Waals surface area contributed by atoms with Crippen LogP contribution in [0, 0.1) is 13.8 Å². The number of thiocarbonyl (C=S) groups is 1. The second kappa shape index (κ2) is 8.89. The molecule has 5 nitrogen and oxygen atoms in total. The van der Waals surface area contributed by atoms with Crippen molar-refractivity contribution in [3.05, 3.63) is 69.5 Å². The van der Waals surface area contributed by atoms with Crippen LogP contribution in [0.4, 0.5) is 5.69 Å². The van der Waals surface area contributed by atoms with E-state index in [1.807, 2.05) is 57.2 Å². The maximum absolute atomic E-state index is 12.4. The summed E-state index contributed by atoms with van der Waals surface area (Å²) in [4.78, 5) is 15.4. The van der Waals surface area contributed by atoms with Crippen molar-refractivity contribution in [3.63, 3.8) is 0 Å². The maximum atomic E-state index is 12.4. The Morgan fingerprint density at radius 2 is 1.89 bits per heavy atom. The molecule has 0 aliphatic carbocycles. The van der Waals surface area contributed by atoms with E-state index in [0.29, 0.717) is 24.7 Å². The van der Waals surface area contributed by atoms with E-state index in [4.69, 9.17) is 17.0 Å². The van der Waals surface area contributed by atoms with E-state index in [9.17, 15) is 4.79 Å². The van der Waals surface area contributed by atoms with Gasteiger partial charge in [-0.25, -0.2) is 0 Å². The van der Waals surface area contributed by atoms with Gasteiger partial charge in [-0.2, -0.15) is 0 Å². The highest BCUT2D eigenvalue weighted by Crippen LogP contribution is 2.19. The number of pyridine rings is 1. The summed E-state index contributed by atoms with van der Waals surface area (Å²) in [6, 6.07) is 13.7. The van der Waals surface area contributed by atoms with Crippen molar-refractivity contribution in [2.45, 2.75) is 27.2 Å². The zero-order valence-electron chi connectivity index (χ0n) is 16.4. The van der Waals surface area contributed by atoms with Crippen LogP contribution >= 0.6 is 12.2 Å². The summed E-state index contributed by atoms with van der Waals surface area (Å²) in [5, 5.41) is 7.86. The van der Waals surface area contributed by atoms with Crippen molar-refractivity contribution in [2.75, 3.05) is 18.5 Å². The topological polar surface area (TPSA) is 66.2 Å². The average Bonchev–Trinajstić information content (AvgIpc) is 2.68. The lowest BCUT2D eigenvalue weighted by molar-refractivity contribution is 0.340. The van der Waals surface area contributed by atoms with Crippen molar-refractivity contribution in [1.29, 1.82) is 0 Å². The van der Waals surface area contributed by atoms with Crippen LogP contribution in [-0.4, -0.2) is 23.2 Å². The van der Waals surface area contributed by atoms with Crippen LogP contribution in [0.25, 0.3) is 10.9 Å². The van der Waals surface area contributed by atoms with E-state index in [2.05, 4.69) is 21.7 Å². The fraction of sp³-hybridized carbons (Fsp3) is 0.273. The molecule has 3 rings (SSSR count). The summed E-state index contributed by atoms with van der Waals surface area (Å²) in [6.07, 6.45) is 0.587. The number of aromatic nitrogens is 1. The fourth-order valence-corrected chi connectivity index (χ4v) is 3.26. The van der Waals surface area contributed by atoms with Gasteiger partial charge in [0.25, 0.3) is 5.56 Å². The third kappa shape index (κ3) is 4.70. The highest BCUT2D eigenvalue weighted by molar-refractivity contribution is 7.80. The van der Waals surface area contributed by atoms with Crippen LogP contribution in [0.1, 0.15) is 23.6 Å². The monoisotopic (exact) mass is 395 g/mol. The van der Waals surface area contributed by atoms with Crippen LogP contribution in [0.2, 0.25) is 0 Å². The van der Waals surface area contributed by atoms with Crippen LogP contribution in [0.3, 0.4) is 0 Å². The molecule has 0 aliphatic heterocycles. The smallest absolute Gasteiger partial charge is 0.251 e. The van der Waals surface area contributed by atoms with Crippen LogP contribution < -0.4 is 20.9 Å². The lowest BCUT2D eigenvalue weighted by atomic mass is 10.0. The summed E-state index contributed by atoms with van der Waals surface area (Å²) in [7, 11) is 0. The number of hydrogen-bond acceptors (Lipinski definition) is 3. The minimum Gasteiger partial charge on any atom is -0.494 e. The van der Waals surface area contributed by atoms with E-state index in [1.54, 1.807) is 0 Å². The molecule has 0 spiro atoms. The second-order valence-corrected chi connectivity index (χ2v) is 7.09. The number of benzene rings is 2. The summed E-state index contributed by atoms with van der Waals surface area (Å²) in [5.74, 6) is 0.827. The van der Waals surface area contributed by atoms with Gasteiger partial charge in [0.1, 0.15) is 5.75 Å². The molecular formula is C22H25N3O2S. The van der Waals surface area contributed by atoms with Gasteiger partial charge in [0.05, 0.1) is 12.1 Å². The van der Waals surface area contributed by atoms with Gasteiger partial charge >= 0.3 is 0 Å². The van der Waals surface area contributed by atoms with Gasteiger partial charge < -0.3 is 20.4 Å². The van der Waals surface area contributed by atoms with Crippen molar-refractivity contribution in [2.24, 2.45) is 0 Å². The molecule has 0 radical (unpaired) electrons. The van der Waals surface area contributed by atoms with Crippen molar-refractivity contribution >= 4 is 33.9 Å². The second-order valence-electron chi connectivity index (χ2n) is 6.68. The zero-order valence-corrected chi connectivity index (χ0v) is 17.2. The number of rotatable bonds is 6. The molecule has 0 amide bonds. The highest BCUT2D eigenvalue weighted by atomic mass is 32.1. The van der Waals surface area contributed by atoms with E-state index >= 15 is 0 Å². The van der Waals surface area contributed by atoms with E-state index in [1.165, 1.54) is 5.56 Å². The molecule has 1 aromatic heterocycles. The molecule has 146 valence electrons. The molecule has 0 bridgehead atoms. The SMILES string of the molecule is CCOc1ccc(NC(=S)NCCc2cc3ccc(C)c(C)c3[nH]c2=O)cc1. The predicted molar refractivity (Wildman–Crippen MR) is 120 cm³/mol. The minimum absolute atomic E-state index is 0.0478. The Labute approximate surface area is 170 Å². The molecule has 0 aliphatic rings. The number of aryl methyl sites for hydroxylation is 2. The summed E-state index contributed by atoms with van der Waals surface area (Å²) < 4.78 is 5.43.